The summed E-state index contributed by atoms with van der Waals surface area (Å²) < 4.78 is 0. The highest BCUT2D eigenvalue weighted by molar-refractivity contribution is 5.92. The smallest absolute Gasteiger partial charge is 0.175 e. The lowest BCUT2D eigenvalue weighted by Crippen LogP contribution is -2.22. The van der Waals surface area contributed by atoms with E-state index < -0.39 is 0 Å². The largest absolute Gasteiger partial charge is 0.372 e. The summed E-state index contributed by atoms with van der Waals surface area (Å²) in [6, 6.07) is 0. The molecule has 2 nitrogen and oxygen atoms in total. The molecule has 15 heavy (non-hydrogen) atoms. The number of rotatable bonds is 1. The molecule has 0 saturated heterocycles. The molecule has 0 aromatic rings. The number of Topliss-reactive ketones (excluding diaryl/α,β-unsaturated/α-hetero) is 1. The zero-order chi connectivity index (χ0) is 10.9. The van der Waals surface area contributed by atoms with Gasteiger partial charge >= 0.3 is 0 Å². The number of carbonyl (C=O) groups excluding carboxylic acids is 1. The van der Waals surface area contributed by atoms with Gasteiger partial charge in [-0.2, -0.15) is 0 Å². The second-order valence-electron chi connectivity index (χ2n) is 5.18. The molecular weight excluding hydrogens is 186 g/mol. The molecule has 1 heterocycles. The van der Waals surface area contributed by atoms with Gasteiger partial charge in [-0.05, 0) is 31.1 Å². The summed E-state index contributed by atoms with van der Waals surface area (Å²) in [5.41, 5.74) is 1.32. The molecular formula is C13H21NO. The van der Waals surface area contributed by atoms with E-state index in [0.29, 0.717) is 5.41 Å². The molecule has 1 saturated carbocycles. The molecule has 84 valence electrons. The Kier molecular flexibility index (Phi) is 2.85. The lowest BCUT2D eigenvalue weighted by Gasteiger charge is -2.24. The molecule has 0 radical (unpaired) electrons. The fourth-order valence-electron chi connectivity index (χ4n) is 3.10. The van der Waals surface area contributed by atoms with Gasteiger partial charge in [0.05, 0.1) is 5.70 Å². The monoisotopic (exact) mass is 207 g/mol. The van der Waals surface area contributed by atoms with Crippen LogP contribution in [0.5, 0.6) is 0 Å². The van der Waals surface area contributed by atoms with Crippen LogP contribution in [-0.4, -0.2) is 24.3 Å². The number of carbonyl (C=O) groups is 1. The van der Waals surface area contributed by atoms with Crippen molar-refractivity contribution in [1.29, 1.82) is 0 Å². The Morgan fingerprint density at radius 1 is 1.27 bits per heavy atom. The molecule has 0 aromatic carbocycles. The number of hydrogen-bond acceptors (Lipinski definition) is 2. The summed E-state index contributed by atoms with van der Waals surface area (Å²) in [5.74, 6) is 0.227. The predicted octanol–water partition coefficient (Wildman–Crippen LogP) is 2.75. The lowest BCUT2D eigenvalue weighted by molar-refractivity contribution is -0.114. The molecule has 0 bridgehead atoms. The SMILES string of the molecule is CC(=O)C1=CC2(CCCC2)CCCN1C. The van der Waals surface area contributed by atoms with Crippen molar-refractivity contribution >= 4 is 5.78 Å². The summed E-state index contributed by atoms with van der Waals surface area (Å²) in [6.45, 7) is 2.73. The van der Waals surface area contributed by atoms with Crippen molar-refractivity contribution in [2.45, 2.75) is 45.4 Å². The Morgan fingerprint density at radius 2 is 1.87 bits per heavy atom. The van der Waals surface area contributed by atoms with Crippen LogP contribution >= 0.6 is 0 Å². The highest BCUT2D eigenvalue weighted by atomic mass is 16.1. The van der Waals surface area contributed by atoms with E-state index in [0.717, 1.165) is 12.2 Å². The van der Waals surface area contributed by atoms with Crippen LogP contribution in [0.25, 0.3) is 0 Å². The van der Waals surface area contributed by atoms with Gasteiger partial charge in [-0.3, -0.25) is 4.79 Å². The minimum absolute atomic E-state index is 0.227. The Bertz CT molecular complexity index is 287. The van der Waals surface area contributed by atoms with Crippen molar-refractivity contribution < 1.29 is 4.79 Å². The Hall–Kier alpha value is -0.790. The van der Waals surface area contributed by atoms with E-state index in [1.807, 2.05) is 7.05 Å². The van der Waals surface area contributed by atoms with Gasteiger partial charge in [0.1, 0.15) is 0 Å². The Balaban J connectivity index is 2.29. The average Bonchev–Trinajstić information content (AvgIpc) is 2.55. The summed E-state index contributed by atoms with van der Waals surface area (Å²) in [6.07, 6.45) is 10.0. The number of ketones is 1. The van der Waals surface area contributed by atoms with E-state index in [9.17, 15) is 4.79 Å². The third-order valence-corrected chi connectivity index (χ3v) is 3.98. The first-order valence-corrected chi connectivity index (χ1v) is 6.08. The molecule has 0 unspecified atom stereocenters. The zero-order valence-corrected chi connectivity index (χ0v) is 9.88. The minimum atomic E-state index is 0.227. The zero-order valence-electron chi connectivity index (χ0n) is 9.88. The van der Waals surface area contributed by atoms with Gasteiger partial charge in [-0.1, -0.05) is 18.9 Å². The van der Waals surface area contributed by atoms with E-state index in [1.165, 1.54) is 38.5 Å². The normalized spacial score (nSPS) is 25.2. The van der Waals surface area contributed by atoms with Crippen molar-refractivity contribution in [3.05, 3.63) is 11.8 Å². The summed E-state index contributed by atoms with van der Waals surface area (Å²) in [4.78, 5) is 13.7. The first kappa shape index (κ1) is 10.7. The maximum Gasteiger partial charge on any atom is 0.175 e. The second-order valence-corrected chi connectivity index (χ2v) is 5.18. The predicted molar refractivity (Wildman–Crippen MR) is 61.5 cm³/mol. The van der Waals surface area contributed by atoms with Gasteiger partial charge in [-0.25, -0.2) is 0 Å². The maximum atomic E-state index is 11.6. The molecule has 1 aliphatic heterocycles. The topological polar surface area (TPSA) is 20.3 Å². The van der Waals surface area contributed by atoms with Crippen LogP contribution in [0.15, 0.2) is 11.8 Å². The van der Waals surface area contributed by atoms with Crippen LogP contribution in [0.4, 0.5) is 0 Å². The Labute approximate surface area is 92.3 Å². The molecule has 1 aliphatic carbocycles. The van der Waals surface area contributed by atoms with Crippen LogP contribution < -0.4 is 0 Å². The fourth-order valence-corrected chi connectivity index (χ4v) is 3.10. The lowest BCUT2D eigenvalue weighted by atomic mass is 9.81. The number of likely N-dealkylation sites (N-methyl/N-ethyl adjacent to an activating group) is 1. The maximum absolute atomic E-state index is 11.6. The van der Waals surface area contributed by atoms with Crippen LogP contribution in [-0.2, 0) is 4.79 Å². The highest BCUT2D eigenvalue weighted by Crippen LogP contribution is 2.45. The van der Waals surface area contributed by atoms with Crippen LogP contribution in [0.3, 0.4) is 0 Å². The number of allylic oxidation sites excluding steroid dienone is 2. The molecule has 1 spiro atoms. The molecule has 1 fully saturated rings. The van der Waals surface area contributed by atoms with Crippen LogP contribution in [0, 0.1) is 5.41 Å². The van der Waals surface area contributed by atoms with E-state index in [-0.39, 0.29) is 5.78 Å². The third kappa shape index (κ3) is 2.09. The van der Waals surface area contributed by atoms with Gasteiger partial charge in [-0.15, -0.1) is 0 Å². The summed E-state index contributed by atoms with van der Waals surface area (Å²) in [5, 5.41) is 0. The van der Waals surface area contributed by atoms with Crippen molar-refractivity contribution in [3.63, 3.8) is 0 Å². The summed E-state index contributed by atoms with van der Waals surface area (Å²) >= 11 is 0. The molecule has 0 atom stereocenters. The van der Waals surface area contributed by atoms with Crippen LogP contribution in [0.2, 0.25) is 0 Å². The van der Waals surface area contributed by atoms with Crippen molar-refractivity contribution in [2.75, 3.05) is 13.6 Å². The van der Waals surface area contributed by atoms with Gasteiger partial charge in [0.15, 0.2) is 5.78 Å². The number of hydrogen-bond donors (Lipinski definition) is 0. The molecule has 0 amide bonds. The molecule has 2 aliphatic rings. The first-order valence-electron chi connectivity index (χ1n) is 6.08. The first-order chi connectivity index (χ1) is 7.13. The van der Waals surface area contributed by atoms with E-state index in [4.69, 9.17) is 0 Å². The van der Waals surface area contributed by atoms with Crippen molar-refractivity contribution in [1.82, 2.24) is 4.90 Å². The molecule has 0 aromatic heterocycles. The van der Waals surface area contributed by atoms with E-state index in [2.05, 4.69) is 11.0 Å². The highest BCUT2D eigenvalue weighted by Gasteiger charge is 2.34. The Morgan fingerprint density at radius 3 is 2.47 bits per heavy atom. The third-order valence-electron chi connectivity index (χ3n) is 3.98. The quantitative estimate of drug-likeness (QED) is 0.659. The standard InChI is InChI=1S/C13H21NO/c1-11(15)12-10-13(6-3-4-7-13)8-5-9-14(12)2/h10H,3-9H2,1-2H3. The second kappa shape index (κ2) is 3.99. The van der Waals surface area contributed by atoms with Gasteiger partial charge in [0, 0.05) is 20.5 Å². The van der Waals surface area contributed by atoms with E-state index >= 15 is 0 Å². The van der Waals surface area contributed by atoms with Gasteiger partial charge in [0.25, 0.3) is 0 Å². The van der Waals surface area contributed by atoms with E-state index in [1.54, 1.807) is 6.92 Å². The average molecular weight is 207 g/mol. The van der Waals surface area contributed by atoms with Gasteiger partial charge < -0.3 is 4.90 Å². The number of nitrogens with zero attached hydrogens (tertiary/aromatic N) is 1. The van der Waals surface area contributed by atoms with Crippen LogP contribution in [0.1, 0.15) is 45.4 Å². The fraction of sp³-hybridized carbons (Fsp3) is 0.769. The molecule has 2 heteroatoms. The molecule has 0 N–H and O–H groups in total. The van der Waals surface area contributed by atoms with Crippen molar-refractivity contribution in [3.8, 4) is 0 Å². The van der Waals surface area contributed by atoms with Crippen molar-refractivity contribution in [2.24, 2.45) is 5.41 Å². The van der Waals surface area contributed by atoms with Gasteiger partial charge in [0.2, 0.25) is 0 Å². The minimum Gasteiger partial charge on any atom is -0.372 e. The molecule has 2 rings (SSSR count). The summed E-state index contributed by atoms with van der Waals surface area (Å²) in [7, 11) is 2.04.